The second-order valence-electron chi connectivity index (χ2n) is 10.0. The Labute approximate surface area is 234 Å². The Bertz CT molecular complexity index is 1340. The first-order chi connectivity index (χ1) is 19.3. The Hall–Kier alpha value is -4.33. The first-order valence-electron chi connectivity index (χ1n) is 13.6. The monoisotopic (exact) mass is 543 g/mol. The number of carbonyl (C=O) groups is 4. The van der Waals surface area contributed by atoms with Crippen molar-refractivity contribution in [1.82, 2.24) is 15.1 Å². The summed E-state index contributed by atoms with van der Waals surface area (Å²) < 4.78 is 14.7. The van der Waals surface area contributed by atoms with E-state index < -0.39 is 11.9 Å². The molecule has 3 aromatic rings. The molecule has 4 rings (SSSR count). The van der Waals surface area contributed by atoms with E-state index in [-0.39, 0.29) is 62.0 Å². The van der Waals surface area contributed by atoms with Gasteiger partial charge in [0.05, 0.1) is 11.1 Å². The van der Waals surface area contributed by atoms with Crippen LogP contribution in [0.15, 0.2) is 78.9 Å². The highest BCUT2D eigenvalue weighted by atomic mass is 19.1. The number of benzene rings is 3. The van der Waals surface area contributed by atoms with Gasteiger partial charge in [-0.15, -0.1) is 0 Å². The number of nitrogens with one attached hydrogen (secondary N) is 1. The first kappa shape index (κ1) is 28.7. The number of fused-ring (bicyclic) bond motifs is 1. The van der Waals surface area contributed by atoms with Crippen LogP contribution in [-0.4, -0.2) is 52.1 Å². The highest BCUT2D eigenvalue weighted by Crippen LogP contribution is 2.23. The molecule has 1 aliphatic heterocycles. The molecular formula is C32H34FN3O4. The molecular weight excluding hydrogens is 509 g/mol. The van der Waals surface area contributed by atoms with Crippen LogP contribution in [0.4, 0.5) is 4.39 Å². The van der Waals surface area contributed by atoms with Crippen LogP contribution < -0.4 is 5.32 Å². The van der Waals surface area contributed by atoms with E-state index in [1.54, 1.807) is 42.5 Å². The maximum Gasteiger partial charge on any atom is 0.261 e. The van der Waals surface area contributed by atoms with Crippen LogP contribution in [0, 0.1) is 5.82 Å². The van der Waals surface area contributed by atoms with Crippen LogP contribution in [0.1, 0.15) is 65.0 Å². The lowest BCUT2D eigenvalue weighted by atomic mass is 10.0. The van der Waals surface area contributed by atoms with Crippen molar-refractivity contribution in [3.8, 4) is 0 Å². The summed E-state index contributed by atoms with van der Waals surface area (Å²) in [5.74, 6) is -1.91. The molecule has 0 unspecified atom stereocenters. The van der Waals surface area contributed by atoms with Gasteiger partial charge in [-0.2, -0.15) is 0 Å². The van der Waals surface area contributed by atoms with E-state index in [2.05, 4.69) is 5.32 Å². The molecule has 8 heteroatoms. The van der Waals surface area contributed by atoms with E-state index in [1.807, 2.05) is 44.2 Å². The summed E-state index contributed by atoms with van der Waals surface area (Å²) >= 11 is 0. The second-order valence-corrected chi connectivity index (χ2v) is 10.0. The highest BCUT2D eigenvalue weighted by Gasteiger charge is 2.35. The molecule has 2 atom stereocenters. The Kier molecular flexibility index (Phi) is 9.43. The number of carbonyl (C=O) groups excluding carboxylic acids is 4. The quantitative estimate of drug-likeness (QED) is 0.334. The van der Waals surface area contributed by atoms with Crippen molar-refractivity contribution in [3.63, 3.8) is 0 Å². The largest absolute Gasteiger partial charge is 0.352 e. The molecule has 4 amide bonds. The third-order valence-corrected chi connectivity index (χ3v) is 7.22. The van der Waals surface area contributed by atoms with Crippen molar-refractivity contribution in [2.45, 2.75) is 58.2 Å². The third-order valence-electron chi connectivity index (χ3n) is 7.22. The minimum atomic E-state index is -0.886. The molecule has 1 N–H and O–H groups in total. The van der Waals surface area contributed by atoms with E-state index in [0.29, 0.717) is 23.1 Å². The van der Waals surface area contributed by atoms with Crippen LogP contribution in [0.3, 0.4) is 0 Å². The average molecular weight is 544 g/mol. The zero-order valence-corrected chi connectivity index (χ0v) is 22.8. The van der Waals surface area contributed by atoms with Gasteiger partial charge in [-0.3, -0.25) is 24.1 Å². The third kappa shape index (κ3) is 6.62. The second kappa shape index (κ2) is 13.2. The summed E-state index contributed by atoms with van der Waals surface area (Å²) in [5, 5.41) is 2.98. The normalized spacial score (nSPS) is 14.0. The van der Waals surface area contributed by atoms with E-state index in [1.165, 1.54) is 11.0 Å². The van der Waals surface area contributed by atoms with E-state index in [0.717, 1.165) is 10.5 Å². The van der Waals surface area contributed by atoms with Crippen LogP contribution >= 0.6 is 0 Å². The van der Waals surface area contributed by atoms with E-state index >= 15 is 0 Å². The summed E-state index contributed by atoms with van der Waals surface area (Å²) in [4.78, 5) is 55.3. The number of halogens is 1. The van der Waals surface area contributed by atoms with Gasteiger partial charge in [0.25, 0.3) is 11.8 Å². The fourth-order valence-corrected chi connectivity index (χ4v) is 4.78. The van der Waals surface area contributed by atoms with Crippen LogP contribution in [0.5, 0.6) is 0 Å². The SMILES string of the molecule is CC[C@H](C)NC(=O)[C@@H](Cc1ccccc1)N(Cc1ccccc1F)C(=O)CCCN1C(=O)c2ccccc2C1=O. The molecule has 3 aromatic carbocycles. The van der Waals surface area contributed by atoms with Gasteiger partial charge in [0, 0.05) is 37.5 Å². The zero-order chi connectivity index (χ0) is 28.6. The van der Waals surface area contributed by atoms with Crippen molar-refractivity contribution in [1.29, 1.82) is 0 Å². The number of hydrogen-bond acceptors (Lipinski definition) is 4. The minimum absolute atomic E-state index is 0.0240. The van der Waals surface area contributed by atoms with Gasteiger partial charge in [-0.1, -0.05) is 67.6 Å². The number of nitrogens with zero attached hydrogens (tertiary/aromatic N) is 2. The molecule has 40 heavy (non-hydrogen) atoms. The predicted octanol–water partition coefficient (Wildman–Crippen LogP) is 4.76. The van der Waals surface area contributed by atoms with Crippen molar-refractivity contribution in [2.24, 2.45) is 0 Å². The fourth-order valence-electron chi connectivity index (χ4n) is 4.78. The van der Waals surface area contributed by atoms with Gasteiger partial charge in [0.15, 0.2) is 0 Å². The number of amides is 4. The molecule has 1 aliphatic rings. The number of rotatable bonds is 12. The van der Waals surface area contributed by atoms with Crippen LogP contribution in [0.25, 0.3) is 0 Å². The Morgan fingerprint density at radius 1 is 0.900 bits per heavy atom. The Balaban J connectivity index is 1.56. The Morgan fingerprint density at radius 3 is 2.12 bits per heavy atom. The topological polar surface area (TPSA) is 86.8 Å². The van der Waals surface area contributed by atoms with E-state index in [4.69, 9.17) is 0 Å². The number of imide groups is 1. The molecule has 1 heterocycles. The van der Waals surface area contributed by atoms with Gasteiger partial charge in [0.1, 0.15) is 11.9 Å². The maximum atomic E-state index is 14.7. The molecule has 7 nitrogen and oxygen atoms in total. The molecule has 208 valence electrons. The van der Waals surface area contributed by atoms with Gasteiger partial charge in [-0.25, -0.2) is 4.39 Å². The van der Waals surface area contributed by atoms with Crippen LogP contribution in [0.2, 0.25) is 0 Å². The molecule has 0 bridgehead atoms. The summed E-state index contributed by atoms with van der Waals surface area (Å²) in [6, 6.07) is 21.2. The van der Waals surface area contributed by atoms with Crippen LogP contribution in [-0.2, 0) is 22.6 Å². The summed E-state index contributed by atoms with van der Waals surface area (Å²) in [6.07, 6.45) is 1.15. The molecule has 0 fully saturated rings. The van der Waals surface area contributed by atoms with Gasteiger partial charge in [0.2, 0.25) is 11.8 Å². The lowest BCUT2D eigenvalue weighted by molar-refractivity contribution is -0.141. The average Bonchev–Trinajstić information content (AvgIpc) is 3.21. The summed E-state index contributed by atoms with van der Waals surface area (Å²) in [7, 11) is 0. The van der Waals surface area contributed by atoms with Crippen molar-refractivity contribution >= 4 is 23.6 Å². The number of hydrogen-bond donors (Lipinski definition) is 1. The standard InChI is InChI=1S/C32H34FN3O4/c1-3-22(2)34-30(38)28(20-23-12-5-4-6-13-23)36(21-24-14-7-10-17-27(24)33)29(37)18-11-19-35-31(39)25-15-8-9-16-26(25)32(35)40/h4-10,12-17,22,28H,3,11,18-21H2,1-2H3,(H,34,38)/t22-,28+/m0/s1. The Morgan fingerprint density at radius 2 is 1.50 bits per heavy atom. The fraction of sp³-hybridized carbons (Fsp3) is 0.312. The minimum Gasteiger partial charge on any atom is -0.352 e. The smallest absolute Gasteiger partial charge is 0.261 e. The van der Waals surface area contributed by atoms with Gasteiger partial charge >= 0.3 is 0 Å². The maximum absolute atomic E-state index is 14.7. The zero-order valence-electron chi connectivity index (χ0n) is 22.8. The lowest BCUT2D eigenvalue weighted by Gasteiger charge is -2.32. The summed E-state index contributed by atoms with van der Waals surface area (Å²) in [5.41, 5.74) is 1.86. The molecule has 0 saturated heterocycles. The molecule has 0 saturated carbocycles. The first-order valence-corrected chi connectivity index (χ1v) is 13.6. The predicted molar refractivity (Wildman–Crippen MR) is 150 cm³/mol. The van der Waals surface area contributed by atoms with Crippen molar-refractivity contribution < 1.29 is 23.6 Å². The van der Waals surface area contributed by atoms with Crippen molar-refractivity contribution in [3.05, 3.63) is 107 Å². The highest BCUT2D eigenvalue weighted by molar-refractivity contribution is 6.21. The van der Waals surface area contributed by atoms with E-state index in [9.17, 15) is 23.6 Å². The molecule has 0 aromatic heterocycles. The lowest BCUT2D eigenvalue weighted by Crippen LogP contribution is -2.52. The van der Waals surface area contributed by atoms with Gasteiger partial charge in [-0.05, 0) is 43.5 Å². The van der Waals surface area contributed by atoms with Crippen molar-refractivity contribution in [2.75, 3.05) is 6.54 Å². The molecule has 0 aliphatic carbocycles. The summed E-state index contributed by atoms with van der Waals surface area (Å²) in [6.45, 7) is 3.82. The molecule has 0 spiro atoms. The molecule has 0 radical (unpaired) electrons. The van der Waals surface area contributed by atoms with Gasteiger partial charge < -0.3 is 10.2 Å².